The SMILES string of the molecule is C=C(C)C(=O)OC(CC)[Si](OC)(OC)C(CC)OC(=O)C(=C)C. The van der Waals surface area contributed by atoms with Gasteiger partial charge in [-0.05, 0) is 26.7 Å². The molecule has 0 heterocycles. The first kappa shape index (κ1) is 21.6. The number of hydrogen-bond acceptors (Lipinski definition) is 6. The maximum absolute atomic E-state index is 11.9. The molecule has 0 aromatic carbocycles. The number of esters is 2. The molecule has 0 aliphatic carbocycles. The van der Waals surface area contributed by atoms with Gasteiger partial charge in [-0.15, -0.1) is 0 Å². The van der Waals surface area contributed by atoms with E-state index in [1.165, 1.54) is 14.2 Å². The largest absolute Gasteiger partial charge is 0.457 e. The van der Waals surface area contributed by atoms with Crippen LogP contribution in [-0.2, 0) is 27.9 Å². The number of carbonyl (C=O) groups is 2. The summed E-state index contributed by atoms with van der Waals surface area (Å²) in [5.74, 6) is -1.05. The van der Waals surface area contributed by atoms with E-state index in [9.17, 15) is 9.59 Å². The van der Waals surface area contributed by atoms with E-state index in [0.29, 0.717) is 12.8 Å². The number of carbonyl (C=O) groups excluding carboxylic acids is 2. The number of ether oxygens (including phenoxy) is 2. The molecule has 132 valence electrons. The van der Waals surface area contributed by atoms with Crippen LogP contribution in [-0.4, -0.2) is 46.2 Å². The van der Waals surface area contributed by atoms with Crippen molar-refractivity contribution >= 4 is 20.5 Å². The summed E-state index contributed by atoms with van der Waals surface area (Å²) < 4.78 is 22.3. The molecule has 0 saturated carbocycles. The molecule has 0 bridgehead atoms. The van der Waals surface area contributed by atoms with E-state index in [0.717, 1.165) is 0 Å². The quantitative estimate of drug-likeness (QED) is 0.345. The van der Waals surface area contributed by atoms with Gasteiger partial charge in [-0.2, -0.15) is 0 Å². The fourth-order valence-electron chi connectivity index (χ4n) is 2.18. The van der Waals surface area contributed by atoms with Gasteiger partial charge in [0.05, 0.1) is 0 Å². The average Bonchev–Trinajstić information content (AvgIpc) is 2.52. The molecule has 23 heavy (non-hydrogen) atoms. The summed E-state index contributed by atoms with van der Waals surface area (Å²) in [5, 5.41) is 0. The van der Waals surface area contributed by atoms with Gasteiger partial charge in [-0.3, -0.25) is 0 Å². The first-order valence-corrected chi connectivity index (χ1v) is 9.50. The normalized spacial score (nSPS) is 13.8. The van der Waals surface area contributed by atoms with Crippen LogP contribution in [0.25, 0.3) is 0 Å². The fourth-order valence-corrected chi connectivity index (χ4v) is 5.49. The lowest BCUT2D eigenvalue weighted by Gasteiger charge is -2.38. The molecule has 0 rings (SSSR count). The van der Waals surface area contributed by atoms with E-state index < -0.39 is 32.0 Å². The summed E-state index contributed by atoms with van der Waals surface area (Å²) in [7, 11) is -0.235. The molecule has 2 atom stereocenters. The molecule has 0 aromatic heterocycles. The minimum absolute atomic E-state index is 0.283. The van der Waals surface area contributed by atoms with E-state index in [4.69, 9.17) is 18.3 Å². The number of rotatable bonds is 10. The van der Waals surface area contributed by atoms with Crippen LogP contribution in [0.15, 0.2) is 24.3 Å². The third kappa shape index (κ3) is 5.30. The molecule has 0 spiro atoms. The third-order valence-corrected chi connectivity index (χ3v) is 7.60. The van der Waals surface area contributed by atoms with Gasteiger partial charge >= 0.3 is 20.5 Å². The minimum Gasteiger partial charge on any atom is -0.457 e. The highest BCUT2D eigenvalue weighted by molar-refractivity contribution is 6.70. The summed E-state index contributed by atoms with van der Waals surface area (Å²) in [6.07, 6.45) is 0.933. The van der Waals surface area contributed by atoms with Crippen LogP contribution >= 0.6 is 0 Å². The molecule has 0 aliphatic heterocycles. The van der Waals surface area contributed by atoms with Crippen molar-refractivity contribution in [2.45, 2.75) is 52.0 Å². The van der Waals surface area contributed by atoms with Crippen molar-refractivity contribution in [3.63, 3.8) is 0 Å². The summed E-state index contributed by atoms with van der Waals surface area (Å²) in [4.78, 5) is 23.8. The average molecular weight is 344 g/mol. The van der Waals surface area contributed by atoms with E-state index in [2.05, 4.69) is 13.2 Å². The topological polar surface area (TPSA) is 71.1 Å². The first-order valence-electron chi connectivity index (χ1n) is 7.53. The Morgan fingerprint density at radius 1 is 0.870 bits per heavy atom. The zero-order chi connectivity index (χ0) is 18.2. The predicted octanol–water partition coefficient (Wildman–Crippen LogP) is 2.60. The fraction of sp³-hybridized carbons (Fsp3) is 0.625. The Hall–Kier alpha value is -1.44. The lowest BCUT2D eigenvalue weighted by Crippen LogP contribution is -2.63. The van der Waals surface area contributed by atoms with E-state index in [1.54, 1.807) is 13.8 Å². The van der Waals surface area contributed by atoms with Gasteiger partial charge in [0.2, 0.25) is 0 Å². The van der Waals surface area contributed by atoms with Crippen LogP contribution in [0.3, 0.4) is 0 Å². The molecule has 6 nitrogen and oxygen atoms in total. The van der Waals surface area contributed by atoms with Gasteiger partial charge in [0, 0.05) is 25.4 Å². The lowest BCUT2D eigenvalue weighted by molar-refractivity contribution is -0.145. The van der Waals surface area contributed by atoms with Crippen molar-refractivity contribution in [2.24, 2.45) is 0 Å². The highest BCUT2D eigenvalue weighted by Gasteiger charge is 2.55. The Balaban J connectivity index is 5.62. The van der Waals surface area contributed by atoms with Crippen molar-refractivity contribution < 1.29 is 27.9 Å². The molecule has 0 fully saturated rings. The molecule has 0 aromatic rings. The molecule has 7 heteroatoms. The highest BCUT2D eigenvalue weighted by Crippen LogP contribution is 2.27. The summed E-state index contributed by atoms with van der Waals surface area (Å²) in [6.45, 7) is 14.0. The first-order chi connectivity index (χ1) is 10.7. The van der Waals surface area contributed by atoms with E-state index in [1.807, 2.05) is 13.8 Å². The van der Waals surface area contributed by atoms with Gasteiger partial charge in [0.1, 0.15) is 11.5 Å². The number of hydrogen-bond donors (Lipinski definition) is 0. The van der Waals surface area contributed by atoms with Crippen molar-refractivity contribution in [3.8, 4) is 0 Å². The van der Waals surface area contributed by atoms with E-state index in [-0.39, 0.29) is 11.1 Å². The standard InChI is InChI=1S/C16H28O6Si/c1-9-13(21-15(17)11(3)4)23(19-7,20-8)14(10-2)22-16(18)12(5)6/h13-14H,3,5,9-10H2,1-2,4,6-8H3. The lowest BCUT2D eigenvalue weighted by atomic mass is 10.4. The summed E-state index contributed by atoms with van der Waals surface area (Å²) in [6, 6.07) is 0. The Labute approximate surface area is 139 Å². The Morgan fingerprint density at radius 3 is 1.35 bits per heavy atom. The van der Waals surface area contributed by atoms with E-state index >= 15 is 0 Å². The van der Waals surface area contributed by atoms with Gasteiger partial charge in [-0.25, -0.2) is 9.59 Å². The Morgan fingerprint density at radius 2 is 1.17 bits per heavy atom. The van der Waals surface area contributed by atoms with Crippen molar-refractivity contribution in [2.75, 3.05) is 14.2 Å². The second-order valence-electron chi connectivity index (χ2n) is 5.29. The maximum atomic E-state index is 11.9. The summed E-state index contributed by atoms with van der Waals surface area (Å²) >= 11 is 0. The zero-order valence-electron chi connectivity index (χ0n) is 14.9. The van der Waals surface area contributed by atoms with Crippen LogP contribution in [0, 0.1) is 0 Å². The van der Waals surface area contributed by atoms with Crippen molar-refractivity contribution in [3.05, 3.63) is 24.3 Å². The molecular weight excluding hydrogens is 316 g/mol. The Kier molecular flexibility index (Phi) is 9.04. The second-order valence-corrected chi connectivity index (χ2v) is 8.84. The van der Waals surface area contributed by atoms with Crippen LogP contribution in [0.2, 0.25) is 0 Å². The summed E-state index contributed by atoms with van der Waals surface area (Å²) in [5.41, 5.74) is -0.704. The van der Waals surface area contributed by atoms with Crippen molar-refractivity contribution in [1.82, 2.24) is 0 Å². The monoisotopic (exact) mass is 344 g/mol. The van der Waals surface area contributed by atoms with Crippen LogP contribution in [0.4, 0.5) is 0 Å². The van der Waals surface area contributed by atoms with Gasteiger partial charge < -0.3 is 18.3 Å². The Bertz CT molecular complexity index is 417. The van der Waals surface area contributed by atoms with Crippen molar-refractivity contribution in [1.29, 1.82) is 0 Å². The predicted molar refractivity (Wildman–Crippen MR) is 89.7 cm³/mol. The van der Waals surface area contributed by atoms with Gasteiger partial charge in [0.25, 0.3) is 0 Å². The second kappa shape index (κ2) is 9.64. The highest BCUT2D eigenvalue weighted by atomic mass is 28.4. The smallest absolute Gasteiger partial charge is 0.422 e. The van der Waals surface area contributed by atoms with Crippen LogP contribution in [0.5, 0.6) is 0 Å². The molecular formula is C16H28O6Si. The van der Waals surface area contributed by atoms with Gasteiger partial charge in [-0.1, -0.05) is 27.0 Å². The molecule has 0 N–H and O–H groups in total. The molecule has 0 saturated heterocycles. The zero-order valence-corrected chi connectivity index (χ0v) is 15.9. The molecule has 2 unspecified atom stereocenters. The molecule has 0 amide bonds. The molecule has 0 radical (unpaired) electrons. The third-order valence-electron chi connectivity index (χ3n) is 3.47. The molecule has 0 aliphatic rings. The maximum Gasteiger partial charge on any atom is 0.422 e. The minimum atomic E-state index is -3.19. The van der Waals surface area contributed by atoms with Gasteiger partial charge in [0.15, 0.2) is 0 Å². The van der Waals surface area contributed by atoms with Crippen LogP contribution in [0.1, 0.15) is 40.5 Å². The van der Waals surface area contributed by atoms with Crippen LogP contribution < -0.4 is 0 Å².